The van der Waals surface area contributed by atoms with Gasteiger partial charge in [-0.1, -0.05) is 30.0 Å². The third kappa shape index (κ3) is 3.98. The summed E-state index contributed by atoms with van der Waals surface area (Å²) < 4.78 is 15.4. The van der Waals surface area contributed by atoms with Crippen LogP contribution < -0.4 is 5.56 Å². The van der Waals surface area contributed by atoms with Crippen molar-refractivity contribution in [3.8, 4) is 17.1 Å². The van der Waals surface area contributed by atoms with Gasteiger partial charge in [0.2, 0.25) is 0 Å². The molecular weight excluding hydrogens is 457 g/mol. The molecular formula is C24H20FN5OS2. The summed E-state index contributed by atoms with van der Waals surface area (Å²) in [7, 11) is 0. The highest BCUT2D eigenvalue weighted by Crippen LogP contribution is 2.36. The van der Waals surface area contributed by atoms with Gasteiger partial charge in [-0.05, 0) is 62.7 Å². The highest BCUT2D eigenvalue weighted by molar-refractivity contribution is 7.99. The smallest absolute Gasteiger partial charge is 0.259 e. The van der Waals surface area contributed by atoms with Gasteiger partial charge in [-0.15, -0.1) is 21.5 Å². The fourth-order valence-corrected chi connectivity index (χ4v) is 5.58. The standard InChI is InChI=1S/C24H20FN5OS2/c1-13-14(2)32-23-19(13)22(31)26-20(27-23)15(3)33-24-29-28-21(16-9-11-17(25)12-10-16)30(24)18-7-5-4-6-8-18/h4-12,15H,1-3H3,(H,26,27,31). The van der Waals surface area contributed by atoms with Gasteiger partial charge in [-0.25, -0.2) is 9.37 Å². The summed E-state index contributed by atoms with van der Waals surface area (Å²) in [5, 5.41) is 9.95. The van der Waals surface area contributed by atoms with E-state index in [1.54, 1.807) is 12.1 Å². The molecule has 5 aromatic rings. The Morgan fingerprint density at radius 2 is 1.79 bits per heavy atom. The molecule has 0 saturated carbocycles. The van der Waals surface area contributed by atoms with Crippen molar-refractivity contribution in [3.63, 3.8) is 0 Å². The van der Waals surface area contributed by atoms with E-state index >= 15 is 0 Å². The fourth-order valence-electron chi connectivity index (χ4n) is 3.62. The number of halogens is 1. The number of rotatable bonds is 5. The molecule has 0 aliphatic rings. The largest absolute Gasteiger partial charge is 0.309 e. The molecule has 1 unspecified atom stereocenters. The van der Waals surface area contributed by atoms with Crippen LogP contribution >= 0.6 is 23.1 Å². The molecule has 2 aromatic carbocycles. The maximum atomic E-state index is 13.5. The molecule has 166 valence electrons. The molecule has 0 saturated heterocycles. The molecule has 0 radical (unpaired) electrons. The number of hydrogen-bond acceptors (Lipinski definition) is 6. The van der Waals surface area contributed by atoms with E-state index in [1.165, 1.54) is 35.2 Å². The van der Waals surface area contributed by atoms with Gasteiger partial charge < -0.3 is 4.98 Å². The van der Waals surface area contributed by atoms with Crippen molar-refractivity contribution in [1.82, 2.24) is 24.7 Å². The van der Waals surface area contributed by atoms with Gasteiger partial charge in [0.1, 0.15) is 16.5 Å². The number of fused-ring (bicyclic) bond motifs is 1. The van der Waals surface area contributed by atoms with Crippen molar-refractivity contribution in [1.29, 1.82) is 0 Å². The van der Waals surface area contributed by atoms with Crippen molar-refractivity contribution in [3.05, 3.63) is 87.0 Å². The average molecular weight is 478 g/mol. The van der Waals surface area contributed by atoms with E-state index in [0.29, 0.717) is 22.2 Å². The number of aromatic nitrogens is 5. The molecule has 33 heavy (non-hydrogen) atoms. The van der Waals surface area contributed by atoms with Crippen LogP contribution in [0.5, 0.6) is 0 Å². The van der Waals surface area contributed by atoms with Gasteiger partial charge >= 0.3 is 0 Å². The summed E-state index contributed by atoms with van der Waals surface area (Å²) in [5.41, 5.74) is 2.49. The highest BCUT2D eigenvalue weighted by Gasteiger charge is 2.21. The molecule has 1 atom stereocenters. The van der Waals surface area contributed by atoms with E-state index < -0.39 is 0 Å². The fraction of sp³-hybridized carbons (Fsp3) is 0.167. The van der Waals surface area contributed by atoms with E-state index in [4.69, 9.17) is 4.98 Å². The SMILES string of the molecule is Cc1sc2nc(C(C)Sc3nnc(-c4ccc(F)cc4)n3-c3ccccc3)[nH]c(=O)c2c1C. The van der Waals surface area contributed by atoms with E-state index in [-0.39, 0.29) is 16.6 Å². The number of benzene rings is 2. The summed E-state index contributed by atoms with van der Waals surface area (Å²) in [6.07, 6.45) is 0. The zero-order valence-corrected chi connectivity index (χ0v) is 19.8. The number of para-hydroxylation sites is 1. The molecule has 6 nitrogen and oxygen atoms in total. The predicted molar refractivity (Wildman–Crippen MR) is 131 cm³/mol. The molecule has 5 rings (SSSR count). The summed E-state index contributed by atoms with van der Waals surface area (Å²) in [4.78, 5) is 22.3. The zero-order chi connectivity index (χ0) is 23.1. The molecule has 1 N–H and O–H groups in total. The first-order valence-electron chi connectivity index (χ1n) is 10.4. The van der Waals surface area contributed by atoms with Gasteiger partial charge in [0.15, 0.2) is 11.0 Å². The summed E-state index contributed by atoms with van der Waals surface area (Å²) in [6.45, 7) is 5.92. The first-order valence-corrected chi connectivity index (χ1v) is 12.1. The van der Waals surface area contributed by atoms with Crippen LogP contribution in [0, 0.1) is 19.7 Å². The maximum absolute atomic E-state index is 13.5. The molecule has 0 fully saturated rings. The van der Waals surface area contributed by atoms with Crippen molar-refractivity contribution < 1.29 is 4.39 Å². The van der Waals surface area contributed by atoms with Gasteiger partial charge in [-0.3, -0.25) is 9.36 Å². The maximum Gasteiger partial charge on any atom is 0.259 e. The lowest BCUT2D eigenvalue weighted by atomic mass is 10.2. The second-order valence-electron chi connectivity index (χ2n) is 7.66. The number of nitrogens with one attached hydrogen (secondary N) is 1. The first kappa shape index (κ1) is 21.5. The number of thioether (sulfide) groups is 1. The monoisotopic (exact) mass is 477 g/mol. The lowest BCUT2D eigenvalue weighted by molar-refractivity contribution is 0.628. The molecule has 3 heterocycles. The van der Waals surface area contributed by atoms with Crippen LogP contribution in [0.15, 0.2) is 64.5 Å². The van der Waals surface area contributed by atoms with Gasteiger partial charge in [-0.2, -0.15) is 0 Å². The molecule has 0 amide bonds. The second kappa shape index (κ2) is 8.57. The van der Waals surface area contributed by atoms with Crippen LogP contribution in [0.25, 0.3) is 27.3 Å². The van der Waals surface area contributed by atoms with Gasteiger partial charge in [0.25, 0.3) is 5.56 Å². The van der Waals surface area contributed by atoms with Crippen LogP contribution in [0.4, 0.5) is 4.39 Å². The van der Waals surface area contributed by atoms with Crippen LogP contribution in [0.3, 0.4) is 0 Å². The third-order valence-corrected chi connectivity index (χ3v) is 7.63. The minimum atomic E-state index is -0.308. The Kier molecular flexibility index (Phi) is 5.59. The van der Waals surface area contributed by atoms with E-state index in [0.717, 1.165) is 26.5 Å². The summed E-state index contributed by atoms with van der Waals surface area (Å²) in [5.74, 6) is 0.888. The topological polar surface area (TPSA) is 76.5 Å². The van der Waals surface area contributed by atoms with Crippen molar-refractivity contribution >= 4 is 33.3 Å². The van der Waals surface area contributed by atoms with Gasteiger partial charge in [0.05, 0.1) is 10.6 Å². The molecule has 0 spiro atoms. The Balaban J connectivity index is 1.56. The number of thiophene rings is 1. The van der Waals surface area contributed by atoms with E-state index in [9.17, 15) is 9.18 Å². The molecule has 3 aromatic heterocycles. The zero-order valence-electron chi connectivity index (χ0n) is 18.2. The van der Waals surface area contributed by atoms with Crippen LogP contribution in [-0.2, 0) is 0 Å². The third-order valence-electron chi connectivity index (χ3n) is 5.47. The number of aryl methyl sites for hydroxylation is 2. The normalized spacial score (nSPS) is 12.4. The number of aromatic amines is 1. The lowest BCUT2D eigenvalue weighted by Crippen LogP contribution is -2.12. The second-order valence-corrected chi connectivity index (χ2v) is 10.2. The Morgan fingerprint density at radius 3 is 2.52 bits per heavy atom. The number of nitrogens with zero attached hydrogens (tertiary/aromatic N) is 4. The van der Waals surface area contributed by atoms with Crippen LogP contribution in [0.1, 0.15) is 28.4 Å². The molecule has 0 bridgehead atoms. The minimum absolute atomic E-state index is 0.124. The molecule has 0 aliphatic heterocycles. The lowest BCUT2D eigenvalue weighted by Gasteiger charge is -2.13. The Hall–Kier alpha value is -3.30. The quantitative estimate of drug-likeness (QED) is 0.322. The predicted octanol–water partition coefficient (Wildman–Crippen LogP) is 5.84. The van der Waals surface area contributed by atoms with Crippen molar-refractivity contribution in [2.75, 3.05) is 0 Å². The Morgan fingerprint density at radius 1 is 1.06 bits per heavy atom. The van der Waals surface area contributed by atoms with Gasteiger partial charge in [0, 0.05) is 16.1 Å². The summed E-state index contributed by atoms with van der Waals surface area (Å²) >= 11 is 2.98. The minimum Gasteiger partial charge on any atom is -0.309 e. The molecule has 9 heteroatoms. The van der Waals surface area contributed by atoms with Crippen molar-refractivity contribution in [2.45, 2.75) is 31.2 Å². The van der Waals surface area contributed by atoms with Crippen molar-refractivity contribution in [2.24, 2.45) is 0 Å². The van der Waals surface area contributed by atoms with E-state index in [2.05, 4.69) is 15.2 Å². The first-order chi connectivity index (χ1) is 15.9. The number of hydrogen-bond donors (Lipinski definition) is 1. The van der Waals surface area contributed by atoms with E-state index in [1.807, 2.05) is 55.7 Å². The Labute approximate surface area is 197 Å². The summed E-state index contributed by atoms with van der Waals surface area (Å²) in [6, 6.07) is 15.9. The van der Waals surface area contributed by atoms with Crippen LogP contribution in [-0.4, -0.2) is 24.7 Å². The number of H-pyrrole nitrogens is 1. The highest BCUT2D eigenvalue weighted by atomic mass is 32.2. The molecule has 0 aliphatic carbocycles. The Bertz CT molecular complexity index is 1510. The average Bonchev–Trinajstić information content (AvgIpc) is 3.35. The van der Waals surface area contributed by atoms with Crippen LogP contribution in [0.2, 0.25) is 0 Å².